The van der Waals surface area contributed by atoms with E-state index in [4.69, 9.17) is 4.74 Å². The van der Waals surface area contributed by atoms with E-state index >= 15 is 0 Å². The molecule has 10 heteroatoms. The van der Waals surface area contributed by atoms with Crippen molar-refractivity contribution in [2.45, 2.75) is 64.5 Å². The van der Waals surface area contributed by atoms with E-state index < -0.39 is 23.4 Å². The summed E-state index contributed by atoms with van der Waals surface area (Å²) in [4.78, 5) is 28.7. The Morgan fingerprint density at radius 2 is 1.85 bits per heavy atom. The van der Waals surface area contributed by atoms with Gasteiger partial charge in [0.1, 0.15) is 5.75 Å². The second kappa shape index (κ2) is 10.7. The zero-order chi connectivity index (χ0) is 27.8. The molecule has 3 heterocycles. The van der Waals surface area contributed by atoms with Crippen molar-refractivity contribution in [2.24, 2.45) is 11.3 Å². The summed E-state index contributed by atoms with van der Waals surface area (Å²) < 4.78 is 45.8. The topological polar surface area (TPSA) is 73.9 Å². The van der Waals surface area contributed by atoms with Crippen LogP contribution in [0.2, 0.25) is 0 Å². The van der Waals surface area contributed by atoms with E-state index in [1.54, 1.807) is 4.90 Å². The van der Waals surface area contributed by atoms with E-state index in [1.165, 1.54) is 6.07 Å². The van der Waals surface area contributed by atoms with Gasteiger partial charge in [-0.3, -0.25) is 9.59 Å². The number of carbonyl (C=O) groups excluding carboxylic acids is 2. The molecule has 2 unspecified atom stereocenters. The number of hydrogen-bond acceptors (Lipinski definition) is 5. The number of piperidine rings is 1. The molecule has 0 radical (unpaired) electrons. The standard InChI is InChI=1S/C29H35F3N4O3/c1-19(2)28(11-14-35-12-9-22(10-13-35)34-24-6-4-3-5-23(24)33-18-37)16-26-36(27(28)38)17-20-15-21(29(30,31)32)7-8-25(20)39-26/h3-8,15,18-19,22,26,34H,9-14,16-17H2,1-2H3,(H,33,37). The summed E-state index contributed by atoms with van der Waals surface area (Å²) in [6.45, 7) is 6.77. The molecule has 2 aromatic rings. The van der Waals surface area contributed by atoms with Crippen molar-refractivity contribution in [3.63, 3.8) is 0 Å². The fourth-order valence-electron chi connectivity index (χ4n) is 6.19. The number of halogens is 3. The first-order valence-electron chi connectivity index (χ1n) is 13.6. The maximum absolute atomic E-state index is 13.8. The minimum absolute atomic E-state index is 0.0265. The molecule has 2 atom stereocenters. The highest BCUT2D eigenvalue weighted by molar-refractivity contribution is 5.86. The van der Waals surface area contributed by atoms with Crippen molar-refractivity contribution in [2.75, 3.05) is 30.3 Å². The van der Waals surface area contributed by atoms with Gasteiger partial charge in [-0.1, -0.05) is 26.0 Å². The Balaban J connectivity index is 1.20. The predicted molar refractivity (Wildman–Crippen MR) is 142 cm³/mol. The van der Waals surface area contributed by atoms with E-state index in [0.29, 0.717) is 30.6 Å². The lowest BCUT2D eigenvalue weighted by molar-refractivity contribution is -0.142. The number of benzene rings is 2. The fraction of sp³-hybridized carbons (Fsp3) is 0.517. The number of alkyl halides is 3. The molecule has 0 saturated carbocycles. The Morgan fingerprint density at radius 1 is 1.13 bits per heavy atom. The molecule has 3 aliphatic rings. The molecular weight excluding hydrogens is 509 g/mol. The highest BCUT2D eigenvalue weighted by Gasteiger charge is 2.55. The summed E-state index contributed by atoms with van der Waals surface area (Å²) in [5.41, 5.74) is 0.705. The number of anilines is 2. The molecule has 39 heavy (non-hydrogen) atoms. The van der Waals surface area contributed by atoms with Crippen molar-refractivity contribution in [1.29, 1.82) is 0 Å². The summed E-state index contributed by atoms with van der Waals surface area (Å²) in [5.74, 6) is 0.464. The van der Waals surface area contributed by atoms with Crippen LogP contribution in [0.5, 0.6) is 5.75 Å². The summed E-state index contributed by atoms with van der Waals surface area (Å²) in [5, 5.41) is 6.28. The van der Waals surface area contributed by atoms with Crippen LogP contribution >= 0.6 is 0 Å². The fourth-order valence-corrected chi connectivity index (χ4v) is 6.19. The molecule has 2 aromatic carbocycles. The van der Waals surface area contributed by atoms with E-state index in [1.807, 2.05) is 38.1 Å². The second-order valence-electron chi connectivity index (χ2n) is 11.2. The van der Waals surface area contributed by atoms with Gasteiger partial charge in [0.05, 0.1) is 28.9 Å². The van der Waals surface area contributed by atoms with Crippen LogP contribution in [0, 0.1) is 11.3 Å². The lowest BCUT2D eigenvalue weighted by Crippen LogP contribution is -2.44. The van der Waals surface area contributed by atoms with Gasteiger partial charge in [-0.15, -0.1) is 0 Å². The molecule has 7 nitrogen and oxygen atoms in total. The number of likely N-dealkylation sites (tertiary alicyclic amines) is 1. The number of para-hydroxylation sites is 2. The average Bonchev–Trinajstić information content (AvgIpc) is 3.19. The SMILES string of the molecule is CC(C)C1(CCN2CCC(Nc3ccccc3NC=O)CC2)CC2Oc3ccc(C(F)(F)F)cc3CN2C1=O. The minimum atomic E-state index is -4.44. The Bertz CT molecular complexity index is 1210. The third-order valence-corrected chi connectivity index (χ3v) is 8.63. The zero-order valence-corrected chi connectivity index (χ0v) is 22.3. The lowest BCUT2D eigenvalue weighted by Gasteiger charge is -2.37. The molecule has 0 bridgehead atoms. The van der Waals surface area contributed by atoms with Crippen LogP contribution in [-0.2, 0) is 22.3 Å². The Hall–Kier alpha value is -3.27. The Morgan fingerprint density at radius 3 is 2.51 bits per heavy atom. The first kappa shape index (κ1) is 27.3. The Labute approximate surface area is 226 Å². The number of ether oxygens (including phenoxy) is 1. The monoisotopic (exact) mass is 544 g/mol. The first-order chi connectivity index (χ1) is 18.6. The number of hydrogen-bond donors (Lipinski definition) is 2. The molecular formula is C29H35F3N4O3. The van der Waals surface area contributed by atoms with Gasteiger partial charge in [-0.25, -0.2) is 0 Å². The smallest absolute Gasteiger partial charge is 0.416 e. The first-order valence-corrected chi connectivity index (χ1v) is 13.6. The number of nitrogens with zero attached hydrogens (tertiary/aromatic N) is 2. The van der Waals surface area contributed by atoms with Crippen molar-refractivity contribution in [1.82, 2.24) is 9.80 Å². The highest BCUT2D eigenvalue weighted by atomic mass is 19.4. The third-order valence-electron chi connectivity index (χ3n) is 8.63. The number of rotatable bonds is 8. The van der Waals surface area contributed by atoms with Gasteiger partial charge in [0, 0.05) is 31.1 Å². The maximum atomic E-state index is 13.8. The van der Waals surface area contributed by atoms with Crippen LogP contribution in [0.15, 0.2) is 42.5 Å². The van der Waals surface area contributed by atoms with E-state index in [-0.39, 0.29) is 24.4 Å². The largest absolute Gasteiger partial charge is 0.470 e. The molecule has 0 aliphatic carbocycles. The number of fused-ring (bicyclic) bond motifs is 2. The van der Waals surface area contributed by atoms with Crippen LogP contribution in [0.25, 0.3) is 0 Å². The molecule has 210 valence electrons. The quantitative estimate of drug-likeness (QED) is 0.440. The normalized spacial score (nSPS) is 23.8. The summed E-state index contributed by atoms with van der Waals surface area (Å²) in [7, 11) is 0. The van der Waals surface area contributed by atoms with E-state index in [9.17, 15) is 22.8 Å². The summed E-state index contributed by atoms with van der Waals surface area (Å²) >= 11 is 0. The van der Waals surface area contributed by atoms with Crippen molar-refractivity contribution in [3.8, 4) is 5.75 Å². The van der Waals surface area contributed by atoms with Gasteiger partial charge < -0.3 is 25.2 Å². The highest BCUT2D eigenvalue weighted by Crippen LogP contribution is 2.49. The van der Waals surface area contributed by atoms with Crippen molar-refractivity contribution in [3.05, 3.63) is 53.6 Å². The van der Waals surface area contributed by atoms with Crippen LogP contribution in [-0.4, -0.2) is 54.0 Å². The van der Waals surface area contributed by atoms with Gasteiger partial charge >= 0.3 is 6.18 Å². The molecule has 2 amide bonds. The molecule has 3 aliphatic heterocycles. The van der Waals surface area contributed by atoms with Gasteiger partial charge in [-0.05, 0) is 62.1 Å². The second-order valence-corrected chi connectivity index (χ2v) is 11.2. The molecule has 0 spiro atoms. The van der Waals surface area contributed by atoms with Gasteiger partial charge in [0.2, 0.25) is 12.3 Å². The van der Waals surface area contributed by atoms with Gasteiger partial charge in [-0.2, -0.15) is 13.2 Å². The van der Waals surface area contributed by atoms with E-state index in [0.717, 1.165) is 56.0 Å². The molecule has 5 rings (SSSR count). The number of amides is 2. The minimum Gasteiger partial charge on any atom is -0.470 e. The van der Waals surface area contributed by atoms with Crippen molar-refractivity contribution >= 4 is 23.7 Å². The average molecular weight is 545 g/mol. The molecule has 2 N–H and O–H groups in total. The maximum Gasteiger partial charge on any atom is 0.416 e. The molecule has 0 aromatic heterocycles. The number of nitrogens with one attached hydrogen (secondary N) is 2. The van der Waals surface area contributed by atoms with Crippen LogP contribution < -0.4 is 15.4 Å². The summed E-state index contributed by atoms with van der Waals surface area (Å²) in [6.07, 6.45) is -1.15. The Kier molecular flexibility index (Phi) is 7.50. The summed E-state index contributed by atoms with van der Waals surface area (Å²) in [6, 6.07) is 11.4. The predicted octanol–water partition coefficient (Wildman–Crippen LogP) is 5.33. The third kappa shape index (κ3) is 5.44. The number of carbonyl (C=O) groups is 2. The van der Waals surface area contributed by atoms with Crippen LogP contribution in [0.4, 0.5) is 24.5 Å². The molecule has 2 fully saturated rings. The molecule has 2 saturated heterocycles. The van der Waals surface area contributed by atoms with Gasteiger partial charge in [0.25, 0.3) is 0 Å². The van der Waals surface area contributed by atoms with Crippen molar-refractivity contribution < 1.29 is 27.5 Å². The lowest BCUT2D eigenvalue weighted by atomic mass is 9.72. The zero-order valence-electron chi connectivity index (χ0n) is 22.3. The van der Waals surface area contributed by atoms with Crippen LogP contribution in [0.1, 0.15) is 50.7 Å². The van der Waals surface area contributed by atoms with Crippen LogP contribution in [0.3, 0.4) is 0 Å². The van der Waals surface area contributed by atoms with E-state index in [2.05, 4.69) is 15.5 Å². The van der Waals surface area contributed by atoms with Gasteiger partial charge in [0.15, 0.2) is 6.23 Å².